The third-order valence-corrected chi connectivity index (χ3v) is 3.37. The maximum Gasteiger partial charge on any atom is 0.335 e. The molecule has 0 saturated carbocycles. The van der Waals surface area contributed by atoms with Crippen LogP contribution in [0.15, 0.2) is 17.7 Å². The summed E-state index contributed by atoms with van der Waals surface area (Å²) in [4.78, 5) is 11.1. The number of fused-ring (bicyclic) bond motifs is 1. The summed E-state index contributed by atoms with van der Waals surface area (Å²) in [6, 6.07) is 2.40. The molecule has 0 fully saturated rings. The quantitative estimate of drug-likeness (QED) is 0.850. The van der Waals surface area contributed by atoms with E-state index in [-0.39, 0.29) is 28.1 Å². The predicted octanol–water partition coefficient (Wildman–Crippen LogP) is 3.95. The van der Waals surface area contributed by atoms with E-state index in [9.17, 15) is 13.6 Å². The summed E-state index contributed by atoms with van der Waals surface area (Å²) in [6.07, 6.45) is -1.72. The highest BCUT2D eigenvalue weighted by Gasteiger charge is 2.35. The second-order valence-electron chi connectivity index (χ2n) is 4.00. The van der Waals surface area contributed by atoms with Crippen molar-refractivity contribution in [1.29, 1.82) is 0 Å². The Labute approximate surface area is 129 Å². The maximum absolute atomic E-state index is 13.7. The Bertz CT molecular complexity index is 563. The molecule has 116 valence electrons. The molecule has 1 N–H and O–H groups in total. The summed E-state index contributed by atoms with van der Waals surface area (Å²) < 4.78 is 32.6. The van der Waals surface area contributed by atoms with Crippen LogP contribution >= 0.6 is 20.8 Å². The van der Waals surface area contributed by atoms with Crippen molar-refractivity contribution in [3.8, 4) is 5.75 Å². The average molecular weight is 337 g/mol. The zero-order chi connectivity index (χ0) is 16.2. The van der Waals surface area contributed by atoms with Crippen molar-refractivity contribution in [3.63, 3.8) is 0 Å². The van der Waals surface area contributed by atoms with E-state index in [1.54, 1.807) is 0 Å². The Morgan fingerprint density at radius 3 is 2.67 bits per heavy atom. The van der Waals surface area contributed by atoms with Crippen molar-refractivity contribution in [2.75, 3.05) is 6.16 Å². The number of carbonyl (C=O) groups is 1. The van der Waals surface area contributed by atoms with E-state index in [0.717, 1.165) is 6.07 Å². The summed E-state index contributed by atoms with van der Waals surface area (Å²) >= 11 is 5.69. The molecule has 0 spiro atoms. The smallest absolute Gasteiger partial charge is 0.335 e. The molecule has 1 aliphatic rings. The van der Waals surface area contributed by atoms with Gasteiger partial charge in [0.25, 0.3) is 0 Å². The van der Waals surface area contributed by atoms with Gasteiger partial charge >= 0.3 is 5.97 Å². The number of ether oxygens (including phenoxy) is 1. The number of carboxylic acid groups (broad SMARTS) is 1. The van der Waals surface area contributed by atoms with Gasteiger partial charge < -0.3 is 9.84 Å². The Kier molecular flexibility index (Phi) is 6.56. The molecule has 0 aliphatic carbocycles. The van der Waals surface area contributed by atoms with Crippen LogP contribution in [0.25, 0.3) is 6.08 Å². The SMILES string of the molecule is CC.O=C(O)C1=Cc2cc(Cl)cc(F)c2OC1C(F)CP. The molecule has 2 rings (SSSR count). The molecule has 0 radical (unpaired) electrons. The van der Waals surface area contributed by atoms with Crippen LogP contribution < -0.4 is 4.74 Å². The summed E-state index contributed by atoms with van der Waals surface area (Å²) in [7, 11) is 2.16. The number of aliphatic carboxylic acids is 1. The first-order valence-corrected chi connectivity index (χ1v) is 7.58. The molecule has 0 bridgehead atoms. The van der Waals surface area contributed by atoms with E-state index in [1.807, 2.05) is 13.8 Å². The number of carboxylic acids is 1. The molecule has 0 saturated heterocycles. The topological polar surface area (TPSA) is 46.5 Å². The highest BCUT2D eigenvalue weighted by molar-refractivity contribution is 7.16. The fraction of sp³-hybridized carbons (Fsp3) is 0.357. The monoisotopic (exact) mass is 336 g/mol. The summed E-state index contributed by atoms with van der Waals surface area (Å²) in [5, 5.41) is 9.18. The van der Waals surface area contributed by atoms with E-state index < -0.39 is 24.1 Å². The van der Waals surface area contributed by atoms with Gasteiger partial charge in [-0.2, -0.15) is 0 Å². The van der Waals surface area contributed by atoms with Gasteiger partial charge in [-0.1, -0.05) is 25.4 Å². The largest absolute Gasteiger partial charge is 0.479 e. The third kappa shape index (κ3) is 3.92. The second-order valence-corrected chi connectivity index (χ2v) is 4.91. The molecule has 3 nitrogen and oxygen atoms in total. The van der Waals surface area contributed by atoms with Crippen LogP contribution in [0.1, 0.15) is 19.4 Å². The van der Waals surface area contributed by atoms with Crippen LogP contribution in [0.5, 0.6) is 5.75 Å². The van der Waals surface area contributed by atoms with Gasteiger partial charge in [0, 0.05) is 10.6 Å². The van der Waals surface area contributed by atoms with Crippen molar-refractivity contribution < 1.29 is 23.4 Å². The molecule has 1 aromatic rings. The highest BCUT2D eigenvalue weighted by Crippen LogP contribution is 2.36. The van der Waals surface area contributed by atoms with Gasteiger partial charge in [-0.25, -0.2) is 13.6 Å². The van der Waals surface area contributed by atoms with Crippen LogP contribution in [-0.4, -0.2) is 29.5 Å². The third-order valence-electron chi connectivity index (χ3n) is 2.70. The number of halogens is 3. The van der Waals surface area contributed by atoms with Gasteiger partial charge in [-0.3, -0.25) is 0 Å². The van der Waals surface area contributed by atoms with Crippen molar-refractivity contribution in [2.24, 2.45) is 0 Å². The fourth-order valence-electron chi connectivity index (χ4n) is 1.83. The first-order chi connectivity index (χ1) is 9.93. The molecule has 1 aliphatic heterocycles. The minimum absolute atomic E-state index is 0.0141. The predicted molar refractivity (Wildman–Crippen MR) is 82.3 cm³/mol. The first-order valence-electron chi connectivity index (χ1n) is 6.38. The van der Waals surface area contributed by atoms with Crippen LogP contribution in [0.4, 0.5) is 8.78 Å². The van der Waals surface area contributed by atoms with Gasteiger partial charge in [0.05, 0.1) is 5.57 Å². The van der Waals surface area contributed by atoms with Gasteiger partial charge in [0.2, 0.25) is 0 Å². The number of benzene rings is 1. The van der Waals surface area contributed by atoms with Crippen LogP contribution in [0.3, 0.4) is 0 Å². The summed E-state index contributed by atoms with van der Waals surface area (Å²) in [6.45, 7) is 4.00. The molecule has 1 aromatic carbocycles. The standard InChI is InChI=1S/C12H10ClF2O3P.C2H6/c13-6-1-5-2-7(12(16)17)11(9(15)4-19)18-10(5)8(14)3-6;1-2/h1-3,9,11H,4,19H2,(H,16,17);1-2H3. The van der Waals surface area contributed by atoms with Gasteiger partial charge in [-0.15, -0.1) is 9.24 Å². The lowest BCUT2D eigenvalue weighted by Crippen LogP contribution is -2.37. The minimum atomic E-state index is -1.56. The van der Waals surface area contributed by atoms with Crippen LogP contribution in [0.2, 0.25) is 5.02 Å². The van der Waals surface area contributed by atoms with Crippen molar-refractivity contribution in [2.45, 2.75) is 26.1 Å². The number of hydrogen-bond acceptors (Lipinski definition) is 2. The number of hydrogen-bond donors (Lipinski definition) is 1. The molecule has 21 heavy (non-hydrogen) atoms. The minimum Gasteiger partial charge on any atom is -0.479 e. The van der Waals surface area contributed by atoms with Gasteiger partial charge in [0.15, 0.2) is 17.7 Å². The lowest BCUT2D eigenvalue weighted by Gasteiger charge is -2.27. The molecule has 1 heterocycles. The Balaban J connectivity index is 0.00000106. The molecule has 0 amide bonds. The maximum atomic E-state index is 13.7. The number of rotatable bonds is 3. The second kappa shape index (κ2) is 7.71. The van der Waals surface area contributed by atoms with E-state index in [2.05, 4.69) is 9.24 Å². The Morgan fingerprint density at radius 1 is 1.52 bits per heavy atom. The summed E-state index contributed by atoms with van der Waals surface area (Å²) in [5.41, 5.74) is -0.0706. The molecule has 0 aromatic heterocycles. The van der Waals surface area contributed by atoms with E-state index in [1.165, 1.54) is 12.1 Å². The van der Waals surface area contributed by atoms with E-state index in [0.29, 0.717) is 0 Å². The van der Waals surface area contributed by atoms with Crippen LogP contribution in [-0.2, 0) is 4.79 Å². The first kappa shape index (κ1) is 17.9. The highest BCUT2D eigenvalue weighted by atomic mass is 35.5. The Morgan fingerprint density at radius 2 is 2.14 bits per heavy atom. The fourth-order valence-corrected chi connectivity index (χ4v) is 2.29. The van der Waals surface area contributed by atoms with Gasteiger partial charge in [-0.05, 0) is 24.4 Å². The molecule has 7 heteroatoms. The lowest BCUT2D eigenvalue weighted by atomic mass is 9.99. The number of alkyl halides is 1. The van der Waals surface area contributed by atoms with Gasteiger partial charge in [0.1, 0.15) is 6.17 Å². The van der Waals surface area contributed by atoms with E-state index >= 15 is 0 Å². The lowest BCUT2D eigenvalue weighted by molar-refractivity contribution is -0.134. The van der Waals surface area contributed by atoms with Crippen molar-refractivity contribution in [3.05, 3.63) is 34.1 Å². The Hall–Kier alpha value is -1.19. The molecular weight excluding hydrogens is 321 g/mol. The van der Waals surface area contributed by atoms with Crippen molar-refractivity contribution in [1.82, 2.24) is 0 Å². The van der Waals surface area contributed by atoms with Crippen molar-refractivity contribution >= 4 is 32.9 Å². The zero-order valence-electron chi connectivity index (χ0n) is 11.6. The zero-order valence-corrected chi connectivity index (χ0v) is 13.5. The van der Waals surface area contributed by atoms with E-state index in [4.69, 9.17) is 21.4 Å². The normalized spacial score (nSPS) is 17.6. The molecular formula is C14H16ClF2O3P. The van der Waals surface area contributed by atoms with Crippen LogP contribution in [0, 0.1) is 5.82 Å². The summed E-state index contributed by atoms with van der Waals surface area (Å²) in [5.74, 6) is -2.23. The molecule has 3 atom stereocenters. The molecule has 3 unspecified atom stereocenters. The average Bonchev–Trinajstić information content (AvgIpc) is 2.47.